The van der Waals surface area contributed by atoms with Crippen molar-refractivity contribution in [2.24, 2.45) is 5.73 Å². The van der Waals surface area contributed by atoms with Crippen LogP contribution in [0.1, 0.15) is 36.8 Å². The Kier molecular flexibility index (Phi) is 3.27. The van der Waals surface area contributed by atoms with Gasteiger partial charge in [0.15, 0.2) is 0 Å². The largest absolute Gasteiger partial charge is 0.508 e. The fraction of sp³-hybridized carbons (Fsp3) is 0.538. The average Bonchev–Trinajstić information content (AvgIpc) is 2.73. The van der Waals surface area contributed by atoms with Gasteiger partial charge >= 0.3 is 0 Å². The van der Waals surface area contributed by atoms with Gasteiger partial charge in [-0.15, -0.1) is 0 Å². The number of halogens is 1. The lowest BCUT2D eigenvalue weighted by atomic mass is 9.78. The summed E-state index contributed by atoms with van der Waals surface area (Å²) >= 11 is 3.53. The zero-order chi connectivity index (χ0) is 11.8. The summed E-state index contributed by atoms with van der Waals surface area (Å²) in [7, 11) is 0. The Morgan fingerprint density at radius 2 is 2.00 bits per heavy atom. The van der Waals surface area contributed by atoms with Gasteiger partial charge in [-0.1, -0.05) is 28.8 Å². The lowest BCUT2D eigenvalue weighted by Gasteiger charge is -2.29. The molecular weight excluding hydrogens is 266 g/mol. The Labute approximate surface area is 105 Å². The number of hydrogen-bond donors (Lipinski definition) is 2. The Bertz CT molecular complexity index is 397. The van der Waals surface area contributed by atoms with Gasteiger partial charge in [0.1, 0.15) is 5.75 Å². The number of rotatable bonds is 2. The van der Waals surface area contributed by atoms with Crippen LogP contribution in [0.15, 0.2) is 16.6 Å². The molecule has 2 nitrogen and oxygen atoms in total. The van der Waals surface area contributed by atoms with Crippen LogP contribution in [0.5, 0.6) is 5.75 Å². The number of phenols is 1. The molecule has 1 saturated carbocycles. The minimum Gasteiger partial charge on any atom is -0.508 e. The number of aryl methyl sites for hydroxylation is 1. The van der Waals surface area contributed by atoms with Gasteiger partial charge in [-0.2, -0.15) is 0 Å². The fourth-order valence-corrected chi connectivity index (χ4v) is 3.07. The van der Waals surface area contributed by atoms with Gasteiger partial charge in [-0.3, -0.25) is 0 Å². The standard InChI is InChI=1S/C13H18BrNO/c1-9-6-12(16)10(7-11(9)14)13(8-15)4-2-3-5-13/h6-7,16H,2-5,8,15H2,1H3. The summed E-state index contributed by atoms with van der Waals surface area (Å²) in [5.74, 6) is 0.396. The third-order valence-corrected chi connectivity index (χ3v) is 4.65. The van der Waals surface area contributed by atoms with E-state index in [4.69, 9.17) is 5.73 Å². The van der Waals surface area contributed by atoms with Crippen molar-refractivity contribution >= 4 is 15.9 Å². The number of hydrogen-bond acceptors (Lipinski definition) is 2. The van der Waals surface area contributed by atoms with Crippen LogP contribution in [0, 0.1) is 6.92 Å². The molecule has 1 aromatic carbocycles. The Hall–Kier alpha value is -0.540. The first-order valence-corrected chi connectivity index (χ1v) is 6.58. The summed E-state index contributed by atoms with van der Waals surface area (Å²) in [6.45, 7) is 2.60. The lowest BCUT2D eigenvalue weighted by Crippen LogP contribution is -2.32. The van der Waals surface area contributed by atoms with E-state index in [1.165, 1.54) is 12.8 Å². The molecule has 0 spiro atoms. The molecule has 0 amide bonds. The summed E-state index contributed by atoms with van der Waals surface area (Å²) < 4.78 is 1.06. The second-order valence-electron chi connectivity index (χ2n) is 4.81. The van der Waals surface area contributed by atoms with Crippen molar-refractivity contribution in [3.63, 3.8) is 0 Å². The first kappa shape index (κ1) is 11.9. The van der Waals surface area contributed by atoms with Gasteiger partial charge in [0.25, 0.3) is 0 Å². The van der Waals surface area contributed by atoms with E-state index in [9.17, 15) is 5.11 Å². The Balaban J connectivity index is 2.50. The van der Waals surface area contributed by atoms with Gasteiger partial charge in [-0.25, -0.2) is 0 Å². The second-order valence-corrected chi connectivity index (χ2v) is 5.66. The van der Waals surface area contributed by atoms with Crippen LogP contribution in [0.2, 0.25) is 0 Å². The van der Waals surface area contributed by atoms with E-state index in [-0.39, 0.29) is 5.41 Å². The maximum Gasteiger partial charge on any atom is 0.119 e. The predicted octanol–water partition coefficient (Wildman–Crippen LogP) is 3.23. The molecule has 0 aromatic heterocycles. The van der Waals surface area contributed by atoms with Crippen LogP contribution in [0.25, 0.3) is 0 Å². The predicted molar refractivity (Wildman–Crippen MR) is 69.7 cm³/mol. The van der Waals surface area contributed by atoms with Crippen LogP contribution in [0.4, 0.5) is 0 Å². The van der Waals surface area contributed by atoms with Crippen LogP contribution < -0.4 is 5.73 Å². The van der Waals surface area contributed by atoms with E-state index in [1.807, 2.05) is 19.1 Å². The lowest BCUT2D eigenvalue weighted by molar-refractivity contribution is 0.405. The maximum atomic E-state index is 10.1. The minimum absolute atomic E-state index is 0.000301. The van der Waals surface area contributed by atoms with E-state index in [2.05, 4.69) is 15.9 Å². The highest BCUT2D eigenvalue weighted by atomic mass is 79.9. The topological polar surface area (TPSA) is 46.2 Å². The third kappa shape index (κ3) is 1.87. The van der Waals surface area contributed by atoms with Crippen LogP contribution in [-0.2, 0) is 5.41 Å². The van der Waals surface area contributed by atoms with Crippen LogP contribution >= 0.6 is 15.9 Å². The molecule has 0 atom stereocenters. The molecule has 0 bridgehead atoms. The molecule has 3 N–H and O–H groups in total. The first-order chi connectivity index (χ1) is 7.59. The molecule has 16 heavy (non-hydrogen) atoms. The average molecular weight is 284 g/mol. The fourth-order valence-electron chi connectivity index (χ4n) is 2.73. The molecule has 0 unspecified atom stereocenters. The van der Waals surface area contributed by atoms with Crippen molar-refractivity contribution < 1.29 is 5.11 Å². The molecule has 1 aromatic rings. The highest BCUT2D eigenvalue weighted by Gasteiger charge is 2.36. The van der Waals surface area contributed by atoms with E-state index in [0.717, 1.165) is 28.4 Å². The Morgan fingerprint density at radius 1 is 1.38 bits per heavy atom. The van der Waals surface area contributed by atoms with Gasteiger partial charge in [-0.05, 0) is 37.5 Å². The van der Waals surface area contributed by atoms with Crippen molar-refractivity contribution in [2.45, 2.75) is 38.0 Å². The van der Waals surface area contributed by atoms with Crippen molar-refractivity contribution in [2.75, 3.05) is 6.54 Å². The van der Waals surface area contributed by atoms with Crippen LogP contribution in [-0.4, -0.2) is 11.7 Å². The molecule has 88 valence electrons. The smallest absolute Gasteiger partial charge is 0.119 e. The highest BCUT2D eigenvalue weighted by molar-refractivity contribution is 9.10. The summed E-state index contributed by atoms with van der Waals surface area (Å²) in [4.78, 5) is 0. The van der Waals surface area contributed by atoms with E-state index >= 15 is 0 Å². The van der Waals surface area contributed by atoms with Gasteiger partial charge in [0.05, 0.1) is 0 Å². The second kappa shape index (κ2) is 4.38. The van der Waals surface area contributed by atoms with Crippen molar-refractivity contribution in [1.82, 2.24) is 0 Å². The first-order valence-electron chi connectivity index (χ1n) is 5.79. The van der Waals surface area contributed by atoms with Crippen molar-refractivity contribution in [1.29, 1.82) is 0 Å². The maximum absolute atomic E-state index is 10.1. The number of benzene rings is 1. The molecular formula is C13H18BrNO. The summed E-state index contributed by atoms with van der Waals surface area (Å²) in [6, 6.07) is 3.87. The van der Waals surface area contributed by atoms with Crippen molar-refractivity contribution in [3.05, 3.63) is 27.7 Å². The summed E-state index contributed by atoms with van der Waals surface area (Å²) in [6.07, 6.45) is 4.60. The molecule has 0 aliphatic heterocycles. The number of aromatic hydroxyl groups is 1. The molecule has 0 heterocycles. The van der Waals surface area contributed by atoms with E-state index in [1.54, 1.807) is 0 Å². The quantitative estimate of drug-likeness (QED) is 0.875. The number of phenolic OH excluding ortho intramolecular Hbond substituents is 1. The normalized spacial score (nSPS) is 18.9. The Morgan fingerprint density at radius 3 is 2.56 bits per heavy atom. The van der Waals surface area contributed by atoms with Crippen LogP contribution in [0.3, 0.4) is 0 Å². The molecule has 1 fully saturated rings. The third-order valence-electron chi connectivity index (χ3n) is 3.80. The summed E-state index contributed by atoms with van der Waals surface area (Å²) in [5.41, 5.74) is 8.01. The van der Waals surface area contributed by atoms with E-state index in [0.29, 0.717) is 12.3 Å². The van der Waals surface area contributed by atoms with Crippen molar-refractivity contribution in [3.8, 4) is 5.75 Å². The monoisotopic (exact) mass is 283 g/mol. The number of nitrogens with two attached hydrogens (primary N) is 1. The van der Waals surface area contributed by atoms with Gasteiger partial charge in [0, 0.05) is 22.0 Å². The molecule has 3 heteroatoms. The molecule has 0 radical (unpaired) electrons. The SMILES string of the molecule is Cc1cc(O)c(C2(CN)CCCC2)cc1Br. The minimum atomic E-state index is 0.000301. The van der Waals surface area contributed by atoms with Gasteiger partial charge < -0.3 is 10.8 Å². The zero-order valence-electron chi connectivity index (χ0n) is 9.59. The van der Waals surface area contributed by atoms with Gasteiger partial charge in [0.2, 0.25) is 0 Å². The molecule has 2 rings (SSSR count). The summed E-state index contributed by atoms with van der Waals surface area (Å²) in [5, 5.41) is 10.1. The molecule has 0 saturated heterocycles. The zero-order valence-corrected chi connectivity index (χ0v) is 11.2. The highest BCUT2D eigenvalue weighted by Crippen LogP contribution is 2.45. The molecule has 1 aliphatic carbocycles. The van der Waals surface area contributed by atoms with E-state index < -0.39 is 0 Å². The molecule has 1 aliphatic rings.